The average molecular weight is 356 g/mol. The molecule has 5 N–H and O–H groups in total. The maximum absolute atomic E-state index is 12.3. The maximum Gasteiger partial charge on any atom is 0.251 e. The first-order valence-corrected chi connectivity index (χ1v) is 8.43. The van der Waals surface area contributed by atoms with Crippen LogP contribution in [0.5, 0.6) is 0 Å². The third-order valence-corrected chi connectivity index (χ3v) is 3.86. The van der Waals surface area contributed by atoms with Crippen molar-refractivity contribution in [3.05, 3.63) is 66.0 Å². The predicted molar refractivity (Wildman–Crippen MR) is 97.8 cm³/mol. The highest BCUT2D eigenvalue weighted by atomic mass is 16.3. The summed E-state index contributed by atoms with van der Waals surface area (Å²) in [5, 5.41) is 15.7. The van der Waals surface area contributed by atoms with Crippen LogP contribution >= 0.6 is 0 Å². The first kappa shape index (κ1) is 19.6. The predicted octanol–water partition coefficient (Wildman–Crippen LogP) is 0.133. The zero-order valence-electron chi connectivity index (χ0n) is 14.6. The molecule has 138 valence electrons. The van der Waals surface area contributed by atoms with Gasteiger partial charge in [0.1, 0.15) is 0 Å². The van der Waals surface area contributed by atoms with Gasteiger partial charge in [-0.3, -0.25) is 14.6 Å². The van der Waals surface area contributed by atoms with Crippen molar-refractivity contribution in [2.24, 2.45) is 5.73 Å². The van der Waals surface area contributed by atoms with Crippen LogP contribution in [0.4, 0.5) is 0 Å². The standard InChI is InChI=1S/C19H24N4O3/c1-13(20)18(25)23-16(11-14-7-3-2-4-8-14)17(24)19(26)22-12-15-9-5-6-10-21-15/h2-10,13,16-17,24H,11-12,20H2,1H3,(H,22,26)(H,23,25)/t13-,16?,17?/m1/s1. The highest BCUT2D eigenvalue weighted by molar-refractivity contribution is 5.84. The zero-order chi connectivity index (χ0) is 18.9. The monoisotopic (exact) mass is 356 g/mol. The van der Waals surface area contributed by atoms with Crippen LogP contribution in [0.3, 0.4) is 0 Å². The Morgan fingerprint density at radius 3 is 2.42 bits per heavy atom. The van der Waals surface area contributed by atoms with Crippen molar-refractivity contribution in [1.82, 2.24) is 15.6 Å². The number of aliphatic hydroxyl groups is 1. The first-order chi connectivity index (χ1) is 12.5. The van der Waals surface area contributed by atoms with Gasteiger partial charge in [0.05, 0.1) is 24.3 Å². The van der Waals surface area contributed by atoms with Gasteiger partial charge in [-0.25, -0.2) is 0 Å². The molecular weight excluding hydrogens is 332 g/mol. The van der Waals surface area contributed by atoms with Gasteiger partial charge in [-0.15, -0.1) is 0 Å². The summed E-state index contributed by atoms with van der Waals surface area (Å²) in [6.07, 6.45) is 0.512. The Balaban J connectivity index is 2.04. The van der Waals surface area contributed by atoms with Crippen LogP contribution in [-0.4, -0.2) is 40.1 Å². The van der Waals surface area contributed by atoms with Gasteiger partial charge in [0, 0.05) is 6.20 Å². The number of nitrogens with two attached hydrogens (primary N) is 1. The molecule has 2 rings (SSSR count). The number of carbonyl (C=O) groups excluding carboxylic acids is 2. The summed E-state index contributed by atoms with van der Waals surface area (Å²) in [5.41, 5.74) is 7.15. The third-order valence-electron chi connectivity index (χ3n) is 3.86. The van der Waals surface area contributed by atoms with Gasteiger partial charge in [-0.1, -0.05) is 36.4 Å². The molecule has 0 spiro atoms. The molecule has 7 nitrogen and oxygen atoms in total. The van der Waals surface area contributed by atoms with Crippen LogP contribution in [0, 0.1) is 0 Å². The second-order valence-corrected chi connectivity index (χ2v) is 6.08. The summed E-state index contributed by atoms with van der Waals surface area (Å²) in [4.78, 5) is 28.4. The molecule has 2 amide bonds. The van der Waals surface area contributed by atoms with Crippen LogP contribution in [0.15, 0.2) is 54.7 Å². The summed E-state index contributed by atoms with van der Waals surface area (Å²) in [5.74, 6) is -1.01. The molecule has 2 unspecified atom stereocenters. The Hall–Kier alpha value is -2.77. The zero-order valence-corrected chi connectivity index (χ0v) is 14.6. The second-order valence-electron chi connectivity index (χ2n) is 6.08. The van der Waals surface area contributed by atoms with Crippen molar-refractivity contribution in [2.75, 3.05) is 0 Å². The maximum atomic E-state index is 12.3. The van der Waals surface area contributed by atoms with Crippen molar-refractivity contribution in [1.29, 1.82) is 0 Å². The number of nitrogens with one attached hydrogen (secondary N) is 2. The molecule has 0 aliphatic carbocycles. The van der Waals surface area contributed by atoms with E-state index in [0.29, 0.717) is 12.1 Å². The van der Waals surface area contributed by atoms with E-state index in [4.69, 9.17) is 5.73 Å². The van der Waals surface area contributed by atoms with E-state index >= 15 is 0 Å². The lowest BCUT2D eigenvalue weighted by Gasteiger charge is -2.24. The Kier molecular flexibility index (Phi) is 7.25. The van der Waals surface area contributed by atoms with E-state index in [-0.39, 0.29) is 6.54 Å². The molecule has 1 aromatic heterocycles. The van der Waals surface area contributed by atoms with Crippen LogP contribution < -0.4 is 16.4 Å². The molecule has 0 saturated carbocycles. The highest BCUT2D eigenvalue weighted by Crippen LogP contribution is 2.07. The van der Waals surface area contributed by atoms with E-state index in [2.05, 4.69) is 15.6 Å². The number of hydrogen-bond donors (Lipinski definition) is 4. The third kappa shape index (κ3) is 5.94. The van der Waals surface area contributed by atoms with Gasteiger partial charge in [-0.2, -0.15) is 0 Å². The fourth-order valence-corrected chi connectivity index (χ4v) is 2.39. The molecule has 3 atom stereocenters. The summed E-state index contributed by atoms with van der Waals surface area (Å²) >= 11 is 0. The second kappa shape index (κ2) is 9.65. The van der Waals surface area contributed by atoms with E-state index in [0.717, 1.165) is 5.56 Å². The number of rotatable bonds is 8. The molecular formula is C19H24N4O3. The average Bonchev–Trinajstić information content (AvgIpc) is 2.66. The molecule has 2 aromatic rings. The molecule has 7 heteroatoms. The Morgan fingerprint density at radius 2 is 1.81 bits per heavy atom. The molecule has 0 radical (unpaired) electrons. The van der Waals surface area contributed by atoms with Gasteiger partial charge in [0.15, 0.2) is 6.10 Å². The molecule has 26 heavy (non-hydrogen) atoms. The van der Waals surface area contributed by atoms with E-state index in [9.17, 15) is 14.7 Å². The van der Waals surface area contributed by atoms with E-state index in [1.807, 2.05) is 36.4 Å². The minimum absolute atomic E-state index is 0.191. The quantitative estimate of drug-likeness (QED) is 0.536. The Bertz CT molecular complexity index is 707. The lowest BCUT2D eigenvalue weighted by Crippen LogP contribution is -2.54. The summed E-state index contributed by atoms with van der Waals surface area (Å²) in [6.45, 7) is 1.73. The minimum Gasteiger partial charge on any atom is -0.381 e. The fraction of sp³-hybridized carbons (Fsp3) is 0.316. The molecule has 0 saturated heterocycles. The van der Waals surface area contributed by atoms with Gasteiger partial charge >= 0.3 is 0 Å². The Labute approximate surface area is 152 Å². The van der Waals surface area contributed by atoms with Crippen LogP contribution in [0.1, 0.15) is 18.2 Å². The van der Waals surface area contributed by atoms with Gasteiger partial charge in [0.2, 0.25) is 5.91 Å². The van der Waals surface area contributed by atoms with E-state index < -0.39 is 30.0 Å². The minimum atomic E-state index is -1.42. The molecule has 1 aromatic carbocycles. The fourth-order valence-electron chi connectivity index (χ4n) is 2.39. The number of carbonyl (C=O) groups is 2. The van der Waals surface area contributed by atoms with Crippen molar-refractivity contribution in [2.45, 2.75) is 38.1 Å². The van der Waals surface area contributed by atoms with Crippen LogP contribution in [-0.2, 0) is 22.6 Å². The van der Waals surface area contributed by atoms with E-state index in [1.54, 1.807) is 25.3 Å². The number of aromatic nitrogens is 1. The molecule has 1 heterocycles. The topological polar surface area (TPSA) is 117 Å². The number of aliphatic hydroxyl groups excluding tert-OH is 1. The number of pyridine rings is 1. The number of nitrogens with zero attached hydrogens (tertiary/aromatic N) is 1. The van der Waals surface area contributed by atoms with Crippen molar-refractivity contribution in [3.8, 4) is 0 Å². The van der Waals surface area contributed by atoms with Gasteiger partial charge in [0.25, 0.3) is 5.91 Å². The van der Waals surface area contributed by atoms with Crippen LogP contribution in [0.25, 0.3) is 0 Å². The van der Waals surface area contributed by atoms with Crippen molar-refractivity contribution < 1.29 is 14.7 Å². The number of hydrogen-bond acceptors (Lipinski definition) is 5. The summed E-state index contributed by atoms with van der Waals surface area (Å²) in [6, 6.07) is 13.1. The number of benzene rings is 1. The normalized spacial score (nSPS) is 14.1. The lowest BCUT2D eigenvalue weighted by molar-refractivity contribution is -0.132. The van der Waals surface area contributed by atoms with Gasteiger partial charge < -0.3 is 21.5 Å². The van der Waals surface area contributed by atoms with Crippen molar-refractivity contribution in [3.63, 3.8) is 0 Å². The lowest BCUT2D eigenvalue weighted by atomic mass is 10.00. The van der Waals surface area contributed by atoms with Crippen LogP contribution in [0.2, 0.25) is 0 Å². The molecule has 0 aliphatic heterocycles. The number of amides is 2. The SMILES string of the molecule is C[C@@H](N)C(=O)NC(Cc1ccccc1)C(O)C(=O)NCc1ccccn1. The molecule has 0 aliphatic rings. The summed E-state index contributed by atoms with van der Waals surface area (Å²) in [7, 11) is 0. The first-order valence-electron chi connectivity index (χ1n) is 8.43. The largest absolute Gasteiger partial charge is 0.381 e. The highest BCUT2D eigenvalue weighted by Gasteiger charge is 2.28. The molecule has 0 fully saturated rings. The smallest absolute Gasteiger partial charge is 0.251 e. The van der Waals surface area contributed by atoms with Crippen molar-refractivity contribution >= 4 is 11.8 Å². The van der Waals surface area contributed by atoms with E-state index in [1.165, 1.54) is 0 Å². The molecule has 0 bridgehead atoms. The summed E-state index contributed by atoms with van der Waals surface area (Å²) < 4.78 is 0. The van der Waals surface area contributed by atoms with Gasteiger partial charge in [-0.05, 0) is 31.0 Å². The Morgan fingerprint density at radius 1 is 1.12 bits per heavy atom.